The van der Waals surface area contributed by atoms with Crippen molar-refractivity contribution in [2.45, 2.75) is 25.2 Å². The maximum atomic E-state index is 12.2. The molecule has 0 radical (unpaired) electrons. The van der Waals surface area contributed by atoms with E-state index in [1.54, 1.807) is 35.0 Å². The molecule has 0 atom stereocenters. The average molecular weight is 359 g/mol. The summed E-state index contributed by atoms with van der Waals surface area (Å²) in [6, 6.07) is 10.6. The zero-order chi connectivity index (χ0) is 17.9. The van der Waals surface area contributed by atoms with E-state index in [1.165, 1.54) is 0 Å². The molecule has 0 aliphatic rings. The molecule has 2 N–H and O–H groups in total. The molecule has 0 aliphatic carbocycles. The highest BCUT2D eigenvalue weighted by atomic mass is 32.2. The van der Waals surface area contributed by atoms with Crippen LogP contribution in [0.1, 0.15) is 17.7 Å². The molecule has 0 bridgehead atoms. The van der Waals surface area contributed by atoms with Crippen LogP contribution in [0.15, 0.2) is 47.5 Å². The highest BCUT2D eigenvalue weighted by molar-refractivity contribution is 7.89. The molecular weight excluding hydrogens is 338 g/mol. The third-order valence-corrected chi connectivity index (χ3v) is 5.25. The molecule has 0 amide bonds. The maximum Gasteiger partial charge on any atom is 0.240 e. The number of rotatable bonds is 7. The van der Waals surface area contributed by atoms with Gasteiger partial charge >= 0.3 is 0 Å². The molecule has 2 aromatic heterocycles. The number of aryl methyl sites for hydroxylation is 2. The van der Waals surface area contributed by atoms with Crippen molar-refractivity contribution < 1.29 is 8.42 Å². The third kappa shape index (κ3) is 4.15. The summed E-state index contributed by atoms with van der Waals surface area (Å²) in [6.45, 7) is 4.82. The van der Waals surface area contributed by atoms with E-state index in [9.17, 15) is 8.42 Å². The van der Waals surface area contributed by atoms with Crippen LogP contribution in [0.4, 0.5) is 5.82 Å². The Morgan fingerprint density at radius 1 is 1.08 bits per heavy atom. The number of hydrogen-bond donors (Lipinski definition) is 2. The largest absolute Gasteiger partial charge is 0.370 e. The van der Waals surface area contributed by atoms with Crippen LogP contribution in [0.3, 0.4) is 0 Å². The smallest absolute Gasteiger partial charge is 0.240 e. The van der Waals surface area contributed by atoms with Crippen molar-refractivity contribution in [2.75, 3.05) is 18.4 Å². The van der Waals surface area contributed by atoms with Gasteiger partial charge in [-0.3, -0.25) is 0 Å². The highest BCUT2D eigenvalue weighted by Crippen LogP contribution is 2.12. The standard InChI is InChI=1S/C17H21N5O2S/c1-13-4-6-15(7-5-13)25(23,24)20-10-3-9-18-17-12-14(2)21-16-8-11-19-22(16)17/h4-8,11-12,18,20H,3,9-10H2,1-2H3. The number of aromatic nitrogens is 3. The van der Waals surface area contributed by atoms with Gasteiger partial charge in [-0.15, -0.1) is 0 Å². The second kappa shape index (κ2) is 7.20. The molecule has 0 spiro atoms. The lowest BCUT2D eigenvalue weighted by molar-refractivity contribution is 0.580. The minimum atomic E-state index is -3.46. The fourth-order valence-corrected chi connectivity index (χ4v) is 3.55. The maximum absolute atomic E-state index is 12.2. The number of sulfonamides is 1. The molecular formula is C17H21N5O2S. The first-order valence-electron chi connectivity index (χ1n) is 8.07. The summed E-state index contributed by atoms with van der Waals surface area (Å²) < 4.78 is 28.8. The van der Waals surface area contributed by atoms with Gasteiger partial charge in [0.05, 0.1) is 11.1 Å². The van der Waals surface area contributed by atoms with Crippen molar-refractivity contribution in [3.8, 4) is 0 Å². The molecule has 0 unspecified atom stereocenters. The second-order valence-corrected chi connectivity index (χ2v) is 7.64. The van der Waals surface area contributed by atoms with E-state index in [2.05, 4.69) is 20.1 Å². The minimum Gasteiger partial charge on any atom is -0.370 e. The van der Waals surface area contributed by atoms with Crippen LogP contribution >= 0.6 is 0 Å². The molecule has 0 saturated heterocycles. The van der Waals surface area contributed by atoms with Crippen LogP contribution in [0.5, 0.6) is 0 Å². The van der Waals surface area contributed by atoms with Crippen LogP contribution < -0.4 is 10.0 Å². The summed E-state index contributed by atoms with van der Waals surface area (Å²) in [7, 11) is -3.46. The summed E-state index contributed by atoms with van der Waals surface area (Å²) in [4.78, 5) is 4.67. The molecule has 3 aromatic rings. The van der Waals surface area contributed by atoms with Crippen LogP contribution in [-0.2, 0) is 10.0 Å². The Kier molecular flexibility index (Phi) is 5.00. The second-order valence-electron chi connectivity index (χ2n) is 5.88. The van der Waals surface area contributed by atoms with Crippen molar-refractivity contribution in [3.05, 3.63) is 53.9 Å². The molecule has 0 fully saturated rings. The molecule has 7 nitrogen and oxygen atoms in total. The lowest BCUT2D eigenvalue weighted by Crippen LogP contribution is -2.26. The van der Waals surface area contributed by atoms with Crippen LogP contribution in [0, 0.1) is 13.8 Å². The summed E-state index contributed by atoms with van der Waals surface area (Å²) >= 11 is 0. The van der Waals surface area contributed by atoms with Gasteiger partial charge in [0.1, 0.15) is 5.82 Å². The van der Waals surface area contributed by atoms with Crippen LogP contribution in [0.25, 0.3) is 5.65 Å². The Labute approximate surface area is 147 Å². The number of benzene rings is 1. The van der Waals surface area contributed by atoms with Gasteiger partial charge in [0.15, 0.2) is 5.65 Å². The van der Waals surface area contributed by atoms with Gasteiger partial charge in [-0.2, -0.15) is 9.61 Å². The minimum absolute atomic E-state index is 0.286. The quantitative estimate of drug-likeness (QED) is 0.631. The third-order valence-electron chi connectivity index (χ3n) is 3.77. The van der Waals surface area contributed by atoms with Gasteiger partial charge < -0.3 is 5.32 Å². The lowest BCUT2D eigenvalue weighted by atomic mass is 10.2. The highest BCUT2D eigenvalue weighted by Gasteiger charge is 2.12. The summed E-state index contributed by atoms with van der Waals surface area (Å²) in [5, 5.41) is 7.50. The number of nitrogens with zero attached hydrogens (tertiary/aromatic N) is 3. The normalized spacial score (nSPS) is 11.8. The topological polar surface area (TPSA) is 88.4 Å². The summed E-state index contributed by atoms with van der Waals surface area (Å²) in [5.74, 6) is 0.842. The first-order valence-corrected chi connectivity index (χ1v) is 9.56. The number of hydrogen-bond acceptors (Lipinski definition) is 5. The van der Waals surface area contributed by atoms with Gasteiger partial charge in [0.2, 0.25) is 10.0 Å². The predicted octanol–water partition coefficient (Wildman–Crippen LogP) is 2.13. The fourth-order valence-electron chi connectivity index (χ4n) is 2.48. The summed E-state index contributed by atoms with van der Waals surface area (Å²) in [6.07, 6.45) is 2.35. The van der Waals surface area contributed by atoms with Crippen LogP contribution in [-0.4, -0.2) is 36.1 Å². The molecule has 3 rings (SSSR count). The predicted molar refractivity (Wildman–Crippen MR) is 97.2 cm³/mol. The van der Waals surface area contributed by atoms with E-state index in [0.29, 0.717) is 19.5 Å². The Morgan fingerprint density at radius 2 is 1.84 bits per heavy atom. The van der Waals surface area contributed by atoms with Gasteiger partial charge in [-0.1, -0.05) is 17.7 Å². The van der Waals surface area contributed by atoms with Crippen molar-refractivity contribution in [2.24, 2.45) is 0 Å². The van der Waals surface area contributed by atoms with E-state index in [1.807, 2.05) is 26.0 Å². The molecule has 1 aromatic carbocycles. The Balaban J connectivity index is 1.53. The molecule has 132 valence electrons. The molecule has 2 heterocycles. The number of fused-ring (bicyclic) bond motifs is 1. The Hall–Kier alpha value is -2.45. The van der Waals surface area contributed by atoms with E-state index in [-0.39, 0.29) is 4.90 Å². The lowest BCUT2D eigenvalue weighted by Gasteiger charge is -2.10. The Morgan fingerprint density at radius 3 is 2.60 bits per heavy atom. The average Bonchev–Trinajstić information content (AvgIpc) is 3.03. The van der Waals surface area contributed by atoms with Gasteiger partial charge in [-0.05, 0) is 32.4 Å². The SMILES string of the molecule is Cc1ccc(S(=O)(=O)NCCCNc2cc(C)nc3ccnn23)cc1. The van der Waals surface area contributed by atoms with Gasteiger partial charge in [0, 0.05) is 30.9 Å². The molecule has 25 heavy (non-hydrogen) atoms. The van der Waals surface area contributed by atoms with Crippen LogP contribution in [0.2, 0.25) is 0 Å². The summed E-state index contributed by atoms with van der Waals surface area (Å²) in [5.41, 5.74) is 2.71. The van der Waals surface area contributed by atoms with Crippen molar-refractivity contribution >= 4 is 21.5 Å². The van der Waals surface area contributed by atoms with Gasteiger partial charge in [0.25, 0.3) is 0 Å². The monoisotopic (exact) mass is 359 g/mol. The zero-order valence-corrected chi connectivity index (χ0v) is 15.0. The zero-order valence-electron chi connectivity index (χ0n) is 14.2. The van der Waals surface area contributed by atoms with E-state index in [4.69, 9.17) is 0 Å². The van der Waals surface area contributed by atoms with Crippen molar-refractivity contribution in [1.29, 1.82) is 0 Å². The molecule has 0 aliphatic heterocycles. The van der Waals surface area contributed by atoms with Crippen molar-refractivity contribution in [3.63, 3.8) is 0 Å². The van der Waals surface area contributed by atoms with Gasteiger partial charge in [-0.25, -0.2) is 18.1 Å². The number of anilines is 1. The molecule has 0 saturated carbocycles. The van der Waals surface area contributed by atoms with E-state index < -0.39 is 10.0 Å². The first-order chi connectivity index (χ1) is 12.0. The Bertz CT molecular complexity index is 964. The molecule has 8 heteroatoms. The van der Waals surface area contributed by atoms with Crippen molar-refractivity contribution in [1.82, 2.24) is 19.3 Å². The van der Waals surface area contributed by atoms with E-state index in [0.717, 1.165) is 22.7 Å². The first kappa shape index (κ1) is 17.4. The number of nitrogens with one attached hydrogen (secondary N) is 2. The van der Waals surface area contributed by atoms with E-state index >= 15 is 0 Å². The fraction of sp³-hybridized carbons (Fsp3) is 0.294.